The van der Waals surface area contributed by atoms with Crippen molar-refractivity contribution in [3.8, 4) is 11.1 Å². The van der Waals surface area contributed by atoms with Gasteiger partial charge in [-0.2, -0.15) is 0 Å². The molecule has 0 heterocycles. The highest BCUT2D eigenvalue weighted by atomic mass is 35.5. The third-order valence-corrected chi connectivity index (χ3v) is 8.52. The maximum atomic E-state index is 6.23. The van der Waals surface area contributed by atoms with Gasteiger partial charge in [0.05, 0.1) is 10.9 Å². The second-order valence-electron chi connectivity index (χ2n) is 7.09. The van der Waals surface area contributed by atoms with Gasteiger partial charge in [-0.25, -0.2) is 0 Å². The molecule has 0 bridgehead atoms. The highest BCUT2D eigenvalue weighted by molar-refractivity contribution is 7.98. The van der Waals surface area contributed by atoms with Gasteiger partial charge in [0.25, 0.3) is 0 Å². The predicted octanol–water partition coefficient (Wildman–Crippen LogP) is 7.73. The number of fused-ring (bicyclic) bond motifs is 3. The maximum Gasteiger partial charge on any atom is 0.166 e. The molecule has 0 saturated carbocycles. The SMILES string of the molecule is CSc1ccc([S+](c2ccccc2)c2ccc3c(c2)Cc2cc(Cl)ccc2-3)cc1. The number of halogens is 1. The van der Waals surface area contributed by atoms with E-state index in [4.69, 9.17) is 11.6 Å². The Kier molecular flexibility index (Phi) is 5.17. The number of hydrogen-bond donors (Lipinski definition) is 0. The summed E-state index contributed by atoms with van der Waals surface area (Å²) in [7, 11) is -0.122. The molecule has 3 heteroatoms. The van der Waals surface area contributed by atoms with E-state index in [0.29, 0.717) is 0 Å². The van der Waals surface area contributed by atoms with E-state index < -0.39 is 0 Å². The summed E-state index contributed by atoms with van der Waals surface area (Å²) < 4.78 is 0. The molecular weight excluding hydrogens is 412 g/mol. The zero-order valence-electron chi connectivity index (χ0n) is 16.1. The van der Waals surface area contributed by atoms with Crippen LogP contribution >= 0.6 is 23.4 Å². The van der Waals surface area contributed by atoms with Crippen LogP contribution in [0.1, 0.15) is 11.1 Å². The van der Waals surface area contributed by atoms with Crippen molar-refractivity contribution in [3.63, 3.8) is 0 Å². The molecule has 0 saturated heterocycles. The Bertz CT molecular complexity index is 1170. The summed E-state index contributed by atoms with van der Waals surface area (Å²) in [5, 5.41) is 0.815. The van der Waals surface area contributed by atoms with E-state index in [0.717, 1.165) is 11.4 Å². The first-order chi connectivity index (χ1) is 14.2. The van der Waals surface area contributed by atoms with Crippen LogP contribution in [0.15, 0.2) is 111 Å². The standard InChI is InChI=1S/C26H20ClS2/c1-28-21-8-10-23(11-9-21)29(22-5-3-2-4-6-22)24-12-14-26-19(17-24)15-18-16-20(27)7-13-25(18)26/h2-14,16-17H,15H2,1H3/q+1. The molecule has 0 spiro atoms. The maximum absolute atomic E-state index is 6.23. The van der Waals surface area contributed by atoms with Crippen molar-refractivity contribution in [3.05, 3.63) is 107 Å². The largest absolute Gasteiger partial charge is 0.166 e. The van der Waals surface area contributed by atoms with Gasteiger partial charge in [-0.1, -0.05) is 35.9 Å². The molecule has 29 heavy (non-hydrogen) atoms. The van der Waals surface area contributed by atoms with Crippen LogP contribution in [0, 0.1) is 0 Å². The topological polar surface area (TPSA) is 0 Å². The smallest absolute Gasteiger partial charge is 0.130 e. The molecule has 4 aromatic rings. The molecule has 1 unspecified atom stereocenters. The fourth-order valence-electron chi connectivity index (χ4n) is 3.96. The van der Waals surface area contributed by atoms with Gasteiger partial charge in [-0.15, -0.1) is 11.8 Å². The molecule has 0 N–H and O–H groups in total. The van der Waals surface area contributed by atoms with Gasteiger partial charge >= 0.3 is 0 Å². The summed E-state index contributed by atoms with van der Waals surface area (Å²) in [5.41, 5.74) is 5.39. The zero-order chi connectivity index (χ0) is 19.8. The Balaban J connectivity index is 1.60. The minimum Gasteiger partial charge on any atom is -0.130 e. The molecule has 0 radical (unpaired) electrons. The lowest BCUT2D eigenvalue weighted by molar-refractivity contribution is 1.22. The van der Waals surface area contributed by atoms with Gasteiger partial charge in [-0.05, 0) is 102 Å². The van der Waals surface area contributed by atoms with Crippen LogP contribution < -0.4 is 0 Å². The normalized spacial score (nSPS) is 13.0. The first-order valence-electron chi connectivity index (χ1n) is 9.58. The van der Waals surface area contributed by atoms with Gasteiger partial charge in [0.15, 0.2) is 14.7 Å². The van der Waals surface area contributed by atoms with Crippen LogP contribution in [-0.2, 0) is 17.3 Å². The number of hydrogen-bond acceptors (Lipinski definition) is 1. The van der Waals surface area contributed by atoms with Crippen molar-refractivity contribution in [2.24, 2.45) is 0 Å². The predicted molar refractivity (Wildman–Crippen MR) is 127 cm³/mol. The lowest BCUT2D eigenvalue weighted by Gasteiger charge is -2.10. The van der Waals surface area contributed by atoms with Gasteiger partial charge in [0, 0.05) is 9.92 Å². The van der Waals surface area contributed by atoms with Gasteiger partial charge in [-0.3, -0.25) is 0 Å². The average Bonchev–Trinajstić information content (AvgIpc) is 3.12. The van der Waals surface area contributed by atoms with Crippen molar-refractivity contribution in [1.82, 2.24) is 0 Å². The van der Waals surface area contributed by atoms with E-state index in [-0.39, 0.29) is 10.9 Å². The molecule has 0 amide bonds. The molecule has 5 rings (SSSR count). The van der Waals surface area contributed by atoms with E-state index in [2.05, 4.69) is 91.2 Å². The van der Waals surface area contributed by atoms with Crippen molar-refractivity contribution in [2.75, 3.05) is 6.26 Å². The van der Waals surface area contributed by atoms with E-state index in [1.165, 1.54) is 41.8 Å². The third-order valence-electron chi connectivity index (χ3n) is 5.32. The van der Waals surface area contributed by atoms with Crippen LogP contribution in [0.5, 0.6) is 0 Å². The molecule has 1 aliphatic carbocycles. The summed E-state index contributed by atoms with van der Waals surface area (Å²) in [5.74, 6) is 0. The van der Waals surface area contributed by atoms with Gasteiger partial charge < -0.3 is 0 Å². The van der Waals surface area contributed by atoms with Gasteiger partial charge in [0.1, 0.15) is 0 Å². The zero-order valence-corrected chi connectivity index (χ0v) is 18.5. The molecular formula is C26H20ClS2+. The van der Waals surface area contributed by atoms with E-state index in [1.54, 1.807) is 11.8 Å². The van der Waals surface area contributed by atoms with Crippen molar-refractivity contribution >= 4 is 34.3 Å². The lowest BCUT2D eigenvalue weighted by Crippen LogP contribution is -2.05. The monoisotopic (exact) mass is 431 g/mol. The van der Waals surface area contributed by atoms with Crippen LogP contribution in [0.25, 0.3) is 11.1 Å². The Morgan fingerprint density at radius 3 is 2.03 bits per heavy atom. The Labute approximate surface area is 184 Å². The Hall–Kier alpha value is -2.13. The summed E-state index contributed by atoms with van der Waals surface area (Å²) in [6.07, 6.45) is 3.08. The first kappa shape index (κ1) is 18.9. The second kappa shape index (κ2) is 7.95. The van der Waals surface area contributed by atoms with Crippen LogP contribution in [0.2, 0.25) is 5.02 Å². The molecule has 0 fully saturated rings. The summed E-state index contributed by atoms with van der Waals surface area (Å²) in [6, 6.07) is 33.1. The highest BCUT2D eigenvalue weighted by Crippen LogP contribution is 2.41. The summed E-state index contributed by atoms with van der Waals surface area (Å²) in [6.45, 7) is 0. The molecule has 4 aromatic carbocycles. The molecule has 0 aliphatic heterocycles. The molecule has 0 aromatic heterocycles. The van der Waals surface area contributed by atoms with Crippen molar-refractivity contribution in [2.45, 2.75) is 26.0 Å². The Morgan fingerprint density at radius 1 is 0.690 bits per heavy atom. The van der Waals surface area contributed by atoms with Crippen molar-refractivity contribution < 1.29 is 0 Å². The number of rotatable bonds is 4. The van der Waals surface area contributed by atoms with Crippen molar-refractivity contribution in [1.29, 1.82) is 0 Å². The first-order valence-corrected chi connectivity index (χ1v) is 12.4. The molecule has 1 aliphatic rings. The fourth-order valence-corrected chi connectivity index (χ4v) is 6.68. The van der Waals surface area contributed by atoms with Crippen LogP contribution in [0.4, 0.5) is 0 Å². The van der Waals surface area contributed by atoms with Gasteiger partial charge in [0.2, 0.25) is 0 Å². The number of benzene rings is 4. The van der Waals surface area contributed by atoms with E-state index in [1.807, 2.05) is 6.07 Å². The molecule has 1 atom stereocenters. The molecule has 142 valence electrons. The third kappa shape index (κ3) is 3.61. The highest BCUT2D eigenvalue weighted by Gasteiger charge is 2.30. The minimum atomic E-state index is -0.122. The number of thioether (sulfide) groups is 1. The fraction of sp³-hybridized carbons (Fsp3) is 0.0769. The lowest BCUT2D eigenvalue weighted by atomic mass is 10.1. The quantitative estimate of drug-likeness (QED) is 0.207. The summed E-state index contributed by atoms with van der Waals surface area (Å²) in [4.78, 5) is 5.37. The van der Waals surface area contributed by atoms with E-state index >= 15 is 0 Å². The van der Waals surface area contributed by atoms with Crippen LogP contribution in [-0.4, -0.2) is 6.26 Å². The Morgan fingerprint density at radius 2 is 1.31 bits per heavy atom. The van der Waals surface area contributed by atoms with Crippen LogP contribution in [0.3, 0.4) is 0 Å². The second-order valence-corrected chi connectivity index (χ2v) is 10.4. The summed E-state index contributed by atoms with van der Waals surface area (Å²) >= 11 is 8.02. The van der Waals surface area contributed by atoms with E-state index in [9.17, 15) is 0 Å². The molecule has 0 nitrogen and oxygen atoms in total. The minimum absolute atomic E-state index is 0.122. The average molecular weight is 432 g/mol.